The van der Waals surface area contributed by atoms with Crippen molar-refractivity contribution >= 4 is 12.6 Å². The van der Waals surface area contributed by atoms with E-state index in [0.29, 0.717) is 5.75 Å². The predicted octanol–water partition coefficient (Wildman–Crippen LogP) is 9.09. The number of phenols is 1. The van der Waals surface area contributed by atoms with Crippen LogP contribution in [0.15, 0.2) is 4.90 Å². The average molecular weight is 421 g/mol. The van der Waals surface area contributed by atoms with E-state index < -0.39 is 0 Å². The number of aromatic hydroxyl groups is 1. The van der Waals surface area contributed by atoms with Gasteiger partial charge in [0.15, 0.2) is 0 Å². The van der Waals surface area contributed by atoms with Crippen molar-refractivity contribution in [3.05, 3.63) is 22.3 Å². The predicted molar refractivity (Wildman–Crippen MR) is 133 cm³/mol. The van der Waals surface area contributed by atoms with E-state index in [-0.39, 0.29) is 5.41 Å². The second kappa shape index (κ2) is 13.6. The fourth-order valence-corrected chi connectivity index (χ4v) is 5.07. The Balaban J connectivity index is 2.95. The first-order valence-electron chi connectivity index (χ1n) is 12.3. The Labute approximate surface area is 187 Å². The van der Waals surface area contributed by atoms with E-state index in [4.69, 9.17) is 12.6 Å². The normalized spacial score (nSPS) is 12.0. The maximum Gasteiger partial charge on any atom is 0.123 e. The van der Waals surface area contributed by atoms with E-state index in [1.807, 2.05) is 0 Å². The third kappa shape index (κ3) is 8.56. The summed E-state index contributed by atoms with van der Waals surface area (Å²) in [7, 11) is 0. The number of thiol groups is 1. The summed E-state index contributed by atoms with van der Waals surface area (Å²) >= 11 is 4.95. The van der Waals surface area contributed by atoms with Crippen molar-refractivity contribution in [3.8, 4) is 5.75 Å². The van der Waals surface area contributed by atoms with Crippen molar-refractivity contribution in [2.24, 2.45) is 0 Å². The molecule has 2 heteroatoms. The summed E-state index contributed by atoms with van der Waals surface area (Å²) in [5, 5.41) is 11.2. The van der Waals surface area contributed by atoms with E-state index in [2.05, 4.69) is 41.5 Å². The zero-order valence-electron chi connectivity index (χ0n) is 20.3. The van der Waals surface area contributed by atoms with Gasteiger partial charge in [-0.25, -0.2) is 0 Å². The number of phenolic OH excluding ortho intramolecular Hbond substituents is 1. The molecule has 0 aliphatic carbocycles. The molecule has 0 atom stereocenters. The molecule has 0 spiro atoms. The average Bonchev–Trinajstić information content (AvgIpc) is 2.64. The fourth-order valence-electron chi connectivity index (χ4n) is 4.58. The largest absolute Gasteiger partial charge is 0.507 e. The van der Waals surface area contributed by atoms with Crippen LogP contribution in [0, 0.1) is 6.92 Å². The van der Waals surface area contributed by atoms with E-state index >= 15 is 0 Å². The van der Waals surface area contributed by atoms with Crippen LogP contribution in [0.3, 0.4) is 0 Å². The van der Waals surface area contributed by atoms with Crippen molar-refractivity contribution < 1.29 is 5.11 Å². The van der Waals surface area contributed by atoms with Gasteiger partial charge in [-0.05, 0) is 49.1 Å². The van der Waals surface area contributed by atoms with Gasteiger partial charge in [0.25, 0.3) is 0 Å². The standard InChI is InChI=1S/C27H48OS/c1-7-9-11-13-15-17-19-22-21(3)24(27(4,5)6)25(28)23(26(22)29)20-18-16-14-12-10-8-2/h28-29H,7-20H2,1-6H3. The van der Waals surface area contributed by atoms with Gasteiger partial charge in [-0.2, -0.15) is 0 Å². The van der Waals surface area contributed by atoms with Gasteiger partial charge in [-0.3, -0.25) is 0 Å². The fraction of sp³-hybridized carbons (Fsp3) is 0.778. The van der Waals surface area contributed by atoms with E-state index in [1.54, 1.807) is 0 Å². The zero-order chi connectivity index (χ0) is 21.9. The van der Waals surface area contributed by atoms with Gasteiger partial charge in [0.1, 0.15) is 5.75 Å². The molecule has 1 aromatic carbocycles. The second-order valence-corrected chi connectivity index (χ2v) is 10.4. The summed E-state index contributed by atoms with van der Waals surface area (Å²) in [5.41, 5.74) is 4.83. The number of hydrogen-bond acceptors (Lipinski definition) is 2. The first kappa shape index (κ1) is 26.4. The van der Waals surface area contributed by atoms with Gasteiger partial charge >= 0.3 is 0 Å². The van der Waals surface area contributed by atoms with E-state index in [1.165, 1.54) is 81.8 Å². The first-order chi connectivity index (χ1) is 13.8. The number of hydrogen-bond donors (Lipinski definition) is 2. The molecule has 0 saturated heterocycles. The Morgan fingerprint density at radius 1 is 0.690 bits per heavy atom. The highest BCUT2D eigenvalue weighted by Crippen LogP contribution is 2.42. The second-order valence-electron chi connectivity index (χ2n) is 9.94. The highest BCUT2D eigenvalue weighted by molar-refractivity contribution is 7.80. The van der Waals surface area contributed by atoms with Gasteiger partial charge in [-0.1, -0.05) is 98.8 Å². The first-order valence-corrected chi connectivity index (χ1v) is 12.8. The molecule has 0 fully saturated rings. The molecule has 1 rings (SSSR count). The summed E-state index contributed by atoms with van der Waals surface area (Å²) in [5.74, 6) is 0.514. The molecule has 0 aliphatic heterocycles. The summed E-state index contributed by atoms with van der Waals surface area (Å²) in [6, 6.07) is 0. The van der Waals surface area contributed by atoms with Crippen LogP contribution in [0.25, 0.3) is 0 Å². The third-order valence-electron chi connectivity index (χ3n) is 6.23. The van der Waals surface area contributed by atoms with E-state index in [0.717, 1.165) is 35.3 Å². The molecule has 0 bridgehead atoms. The minimum atomic E-state index is -0.0542. The van der Waals surface area contributed by atoms with Gasteiger partial charge in [-0.15, -0.1) is 12.6 Å². The summed E-state index contributed by atoms with van der Waals surface area (Å²) < 4.78 is 0. The minimum absolute atomic E-state index is 0.0542. The lowest BCUT2D eigenvalue weighted by Crippen LogP contribution is -2.16. The lowest BCUT2D eigenvalue weighted by molar-refractivity contribution is 0.433. The maximum absolute atomic E-state index is 11.2. The Hall–Kier alpha value is -0.630. The number of rotatable bonds is 14. The van der Waals surface area contributed by atoms with Crippen LogP contribution in [0.5, 0.6) is 5.75 Å². The Kier molecular flexibility index (Phi) is 12.4. The molecule has 0 saturated carbocycles. The van der Waals surface area contributed by atoms with Crippen LogP contribution in [-0.4, -0.2) is 5.11 Å². The van der Waals surface area contributed by atoms with Crippen molar-refractivity contribution in [1.82, 2.24) is 0 Å². The van der Waals surface area contributed by atoms with Crippen LogP contribution in [0.2, 0.25) is 0 Å². The smallest absolute Gasteiger partial charge is 0.123 e. The number of benzene rings is 1. The molecule has 1 N–H and O–H groups in total. The zero-order valence-corrected chi connectivity index (χ0v) is 21.2. The van der Waals surface area contributed by atoms with Crippen molar-refractivity contribution in [1.29, 1.82) is 0 Å². The van der Waals surface area contributed by atoms with Gasteiger partial charge in [0.2, 0.25) is 0 Å². The number of unbranched alkanes of at least 4 members (excludes halogenated alkanes) is 10. The molecule has 0 radical (unpaired) electrons. The Bertz CT molecular complexity index is 555. The molecule has 29 heavy (non-hydrogen) atoms. The van der Waals surface area contributed by atoms with Crippen LogP contribution >= 0.6 is 12.6 Å². The molecular weight excluding hydrogens is 372 g/mol. The molecule has 0 unspecified atom stereocenters. The Morgan fingerprint density at radius 3 is 1.55 bits per heavy atom. The van der Waals surface area contributed by atoms with Crippen LogP contribution in [0.1, 0.15) is 134 Å². The van der Waals surface area contributed by atoms with Gasteiger partial charge in [0.05, 0.1) is 0 Å². The van der Waals surface area contributed by atoms with Gasteiger partial charge in [0, 0.05) is 16.0 Å². The monoisotopic (exact) mass is 420 g/mol. The molecule has 0 aliphatic rings. The summed E-state index contributed by atoms with van der Waals surface area (Å²) in [4.78, 5) is 1.06. The van der Waals surface area contributed by atoms with Crippen molar-refractivity contribution in [2.75, 3.05) is 0 Å². The summed E-state index contributed by atoms with van der Waals surface area (Å²) in [6.07, 6.45) is 17.6. The quantitative estimate of drug-likeness (QED) is 0.227. The highest BCUT2D eigenvalue weighted by Gasteiger charge is 2.26. The topological polar surface area (TPSA) is 20.2 Å². The van der Waals surface area contributed by atoms with Crippen LogP contribution < -0.4 is 0 Å². The van der Waals surface area contributed by atoms with Crippen molar-refractivity contribution in [3.63, 3.8) is 0 Å². The molecule has 168 valence electrons. The Morgan fingerprint density at radius 2 is 1.10 bits per heavy atom. The lowest BCUT2D eigenvalue weighted by atomic mass is 9.79. The van der Waals surface area contributed by atoms with Crippen LogP contribution in [-0.2, 0) is 18.3 Å². The SMILES string of the molecule is CCCCCCCCc1c(C)c(C(C)(C)C)c(O)c(CCCCCCCC)c1S. The molecule has 0 amide bonds. The third-order valence-corrected chi connectivity index (χ3v) is 6.77. The molecular formula is C27H48OS. The van der Waals surface area contributed by atoms with Gasteiger partial charge < -0.3 is 5.11 Å². The van der Waals surface area contributed by atoms with Crippen LogP contribution in [0.4, 0.5) is 0 Å². The summed E-state index contributed by atoms with van der Waals surface area (Å²) in [6.45, 7) is 13.4. The minimum Gasteiger partial charge on any atom is -0.507 e. The maximum atomic E-state index is 11.2. The van der Waals surface area contributed by atoms with Crippen molar-refractivity contribution in [2.45, 2.75) is 142 Å². The molecule has 0 heterocycles. The molecule has 0 aromatic heterocycles. The van der Waals surface area contributed by atoms with E-state index in [9.17, 15) is 5.11 Å². The lowest BCUT2D eigenvalue weighted by Gasteiger charge is -2.28. The molecule has 1 aromatic rings. The molecule has 1 nitrogen and oxygen atoms in total. The highest BCUT2D eigenvalue weighted by atomic mass is 32.1.